The number of hydrogen-bond donors (Lipinski definition) is 2. The fraction of sp³-hybridized carbons (Fsp3) is 0.552. The SMILES string of the molecule is Cc1ccccc1-c1cc(C(CC2CCCCC2)(CC2CCCCC2)[PH](=O)S)ccc1C(=O)O. The first-order valence-corrected chi connectivity index (χ1v) is 15.8. The lowest BCUT2D eigenvalue weighted by Gasteiger charge is -2.40. The van der Waals surface area contributed by atoms with Gasteiger partial charge in [0.15, 0.2) is 0 Å². The van der Waals surface area contributed by atoms with Gasteiger partial charge in [-0.15, -0.1) is 12.2 Å². The van der Waals surface area contributed by atoms with Crippen LogP contribution in [0.1, 0.15) is 98.5 Å². The number of carboxylic acid groups (broad SMARTS) is 1. The van der Waals surface area contributed by atoms with Crippen LogP contribution in [0.2, 0.25) is 0 Å². The van der Waals surface area contributed by atoms with Gasteiger partial charge in [-0.25, -0.2) is 4.79 Å². The number of rotatable bonds is 8. The van der Waals surface area contributed by atoms with Crippen LogP contribution >= 0.6 is 19.3 Å². The molecule has 2 aliphatic carbocycles. The van der Waals surface area contributed by atoms with Crippen molar-refractivity contribution in [2.75, 3.05) is 0 Å². The van der Waals surface area contributed by atoms with E-state index in [4.69, 9.17) is 12.2 Å². The molecule has 0 aromatic heterocycles. The molecular formula is C29H39O3PS. The zero-order valence-corrected chi connectivity index (χ0v) is 22.3. The summed E-state index contributed by atoms with van der Waals surface area (Å²) >= 11 is 4.73. The molecule has 0 bridgehead atoms. The summed E-state index contributed by atoms with van der Waals surface area (Å²) in [7, 11) is -2.23. The minimum Gasteiger partial charge on any atom is -0.478 e. The Labute approximate surface area is 210 Å². The number of carbonyl (C=O) groups is 1. The Kier molecular flexibility index (Phi) is 8.64. The predicted molar refractivity (Wildman–Crippen MR) is 146 cm³/mol. The standard InChI is InChI=1S/C29H39O3PS/c1-21-10-8-9-15-25(21)27-18-24(16-17-26(27)28(30)31)29(33(32)34,19-22-11-4-2-5-12-22)20-23-13-6-3-7-14-23/h8-10,15-18,22-23,33H,2-7,11-14,19-20H2,1H3,(H,30,31)(H,32,34). The average Bonchev–Trinajstić information content (AvgIpc) is 2.84. The first kappa shape index (κ1) is 25.6. The summed E-state index contributed by atoms with van der Waals surface area (Å²) in [6.45, 7) is 2.02. The Morgan fingerprint density at radius 2 is 1.47 bits per heavy atom. The van der Waals surface area contributed by atoms with Crippen molar-refractivity contribution >= 4 is 25.2 Å². The van der Waals surface area contributed by atoms with Crippen LogP contribution in [-0.4, -0.2) is 11.1 Å². The van der Waals surface area contributed by atoms with Gasteiger partial charge in [-0.1, -0.05) is 94.5 Å². The van der Waals surface area contributed by atoms with Crippen molar-refractivity contribution in [3.8, 4) is 11.1 Å². The molecule has 2 aliphatic rings. The molecule has 1 N–H and O–H groups in total. The number of aromatic carboxylic acids is 1. The number of carboxylic acids is 1. The molecule has 0 saturated heterocycles. The maximum absolute atomic E-state index is 13.7. The Balaban J connectivity index is 1.83. The molecule has 0 heterocycles. The van der Waals surface area contributed by atoms with Gasteiger partial charge in [0.05, 0.1) is 10.7 Å². The summed E-state index contributed by atoms with van der Waals surface area (Å²) in [4.78, 5) is 12.2. The molecule has 2 aromatic rings. The molecule has 0 spiro atoms. The second kappa shape index (κ2) is 11.5. The largest absolute Gasteiger partial charge is 0.478 e. The normalized spacial score (nSPS) is 19.1. The predicted octanol–water partition coefficient (Wildman–Crippen LogP) is 8.90. The van der Waals surface area contributed by atoms with E-state index in [1.807, 2.05) is 37.3 Å². The van der Waals surface area contributed by atoms with Crippen molar-refractivity contribution in [2.24, 2.45) is 11.8 Å². The zero-order valence-electron chi connectivity index (χ0n) is 20.4. The lowest BCUT2D eigenvalue weighted by atomic mass is 9.73. The van der Waals surface area contributed by atoms with E-state index in [-0.39, 0.29) is 0 Å². The van der Waals surface area contributed by atoms with Crippen LogP contribution in [0.15, 0.2) is 42.5 Å². The molecule has 2 aromatic carbocycles. The third kappa shape index (κ3) is 5.65. The second-order valence-electron chi connectivity index (χ2n) is 10.7. The molecule has 0 aliphatic heterocycles. The minimum atomic E-state index is -2.23. The van der Waals surface area contributed by atoms with Crippen molar-refractivity contribution in [3.05, 3.63) is 59.2 Å². The van der Waals surface area contributed by atoms with Gasteiger partial charge in [-0.05, 0) is 66.0 Å². The van der Waals surface area contributed by atoms with Crippen molar-refractivity contribution < 1.29 is 14.5 Å². The zero-order chi connectivity index (χ0) is 24.1. The van der Waals surface area contributed by atoms with Crippen molar-refractivity contribution in [2.45, 2.75) is 89.1 Å². The molecule has 2 saturated carbocycles. The van der Waals surface area contributed by atoms with E-state index in [9.17, 15) is 14.5 Å². The van der Waals surface area contributed by atoms with E-state index in [0.717, 1.165) is 35.1 Å². The lowest BCUT2D eigenvalue weighted by molar-refractivity contribution is 0.0697. The summed E-state index contributed by atoms with van der Waals surface area (Å²) in [6, 6.07) is 13.7. The van der Waals surface area contributed by atoms with E-state index in [1.54, 1.807) is 6.07 Å². The molecule has 184 valence electrons. The summed E-state index contributed by atoms with van der Waals surface area (Å²) in [6.07, 6.45) is 14.2. The van der Waals surface area contributed by atoms with Gasteiger partial charge in [-0.2, -0.15) is 0 Å². The highest BCUT2D eigenvalue weighted by atomic mass is 32.7. The maximum atomic E-state index is 13.7. The molecule has 5 heteroatoms. The van der Waals surface area contributed by atoms with Gasteiger partial charge < -0.3 is 9.67 Å². The number of hydrogen-bond acceptors (Lipinski definition) is 2. The van der Waals surface area contributed by atoms with E-state index in [0.29, 0.717) is 17.4 Å². The van der Waals surface area contributed by atoms with Crippen molar-refractivity contribution in [1.82, 2.24) is 0 Å². The van der Waals surface area contributed by atoms with E-state index >= 15 is 0 Å². The van der Waals surface area contributed by atoms with Gasteiger partial charge in [-0.3, -0.25) is 0 Å². The monoisotopic (exact) mass is 498 g/mol. The molecule has 1 unspecified atom stereocenters. The topological polar surface area (TPSA) is 54.4 Å². The third-order valence-corrected chi connectivity index (χ3v) is 11.2. The van der Waals surface area contributed by atoms with Gasteiger partial charge >= 0.3 is 5.97 Å². The second-order valence-corrected chi connectivity index (χ2v) is 13.5. The number of thiol groups is 1. The first-order valence-electron chi connectivity index (χ1n) is 13.1. The minimum absolute atomic E-state index is 0.307. The van der Waals surface area contributed by atoms with E-state index in [1.165, 1.54) is 64.2 Å². The lowest BCUT2D eigenvalue weighted by Crippen LogP contribution is -2.29. The van der Waals surface area contributed by atoms with Gasteiger partial charge in [0, 0.05) is 0 Å². The number of aryl methyl sites for hydroxylation is 1. The molecule has 34 heavy (non-hydrogen) atoms. The van der Waals surface area contributed by atoms with Crippen LogP contribution in [0.3, 0.4) is 0 Å². The summed E-state index contributed by atoms with van der Waals surface area (Å²) in [5.74, 6) is 0.215. The summed E-state index contributed by atoms with van der Waals surface area (Å²) < 4.78 is 13.7. The van der Waals surface area contributed by atoms with Crippen molar-refractivity contribution in [3.63, 3.8) is 0 Å². The van der Waals surface area contributed by atoms with E-state index < -0.39 is 18.1 Å². The molecular weight excluding hydrogens is 459 g/mol. The van der Waals surface area contributed by atoms with Crippen LogP contribution in [0.4, 0.5) is 0 Å². The quantitative estimate of drug-likeness (QED) is 0.282. The van der Waals surface area contributed by atoms with Gasteiger partial charge in [0.25, 0.3) is 0 Å². The fourth-order valence-corrected chi connectivity index (χ4v) is 8.78. The first-order chi connectivity index (χ1) is 16.4. The van der Waals surface area contributed by atoms with Crippen LogP contribution in [-0.2, 0) is 9.72 Å². The van der Waals surface area contributed by atoms with Crippen LogP contribution in [0.5, 0.6) is 0 Å². The Morgan fingerprint density at radius 3 is 1.97 bits per heavy atom. The van der Waals surface area contributed by atoms with Crippen LogP contribution < -0.4 is 0 Å². The molecule has 4 rings (SSSR count). The highest BCUT2D eigenvalue weighted by Crippen LogP contribution is 2.60. The Hall–Kier alpha value is -1.51. The van der Waals surface area contributed by atoms with Crippen molar-refractivity contribution in [1.29, 1.82) is 0 Å². The Morgan fingerprint density at radius 1 is 0.912 bits per heavy atom. The smallest absolute Gasteiger partial charge is 0.336 e. The molecule has 1 atom stereocenters. The molecule has 0 radical (unpaired) electrons. The molecule has 2 fully saturated rings. The highest BCUT2D eigenvalue weighted by Gasteiger charge is 2.42. The molecule has 0 amide bonds. The Bertz CT molecular complexity index is 1000. The number of benzene rings is 2. The van der Waals surface area contributed by atoms with Crippen LogP contribution in [0, 0.1) is 18.8 Å². The molecule has 3 nitrogen and oxygen atoms in total. The summed E-state index contributed by atoms with van der Waals surface area (Å²) in [5, 5.41) is 9.49. The third-order valence-electron chi connectivity index (χ3n) is 8.37. The summed E-state index contributed by atoms with van der Waals surface area (Å²) in [5.41, 5.74) is 4.05. The fourth-order valence-electron chi connectivity index (χ4n) is 6.51. The van der Waals surface area contributed by atoms with Crippen LogP contribution in [0.25, 0.3) is 11.1 Å². The maximum Gasteiger partial charge on any atom is 0.336 e. The van der Waals surface area contributed by atoms with Gasteiger partial charge in [0.1, 0.15) is 7.00 Å². The average molecular weight is 499 g/mol. The van der Waals surface area contributed by atoms with E-state index in [2.05, 4.69) is 6.07 Å². The highest BCUT2D eigenvalue weighted by molar-refractivity contribution is 8.40. The van der Waals surface area contributed by atoms with Gasteiger partial charge in [0.2, 0.25) is 0 Å².